The second-order valence-corrected chi connectivity index (χ2v) is 10.9. The van der Waals surface area contributed by atoms with Crippen LogP contribution in [0.5, 0.6) is 0 Å². The van der Waals surface area contributed by atoms with Gasteiger partial charge in [-0.1, -0.05) is 11.6 Å². The lowest BCUT2D eigenvalue weighted by Gasteiger charge is -2.42. The molecule has 0 aromatic heterocycles. The van der Waals surface area contributed by atoms with Crippen molar-refractivity contribution in [2.45, 2.75) is 94.8 Å². The van der Waals surface area contributed by atoms with E-state index >= 15 is 0 Å². The highest BCUT2D eigenvalue weighted by Crippen LogP contribution is 2.46. The van der Waals surface area contributed by atoms with E-state index in [1.807, 2.05) is 61.5 Å². The number of hydrogen-bond donors (Lipinski definition) is 0. The van der Waals surface area contributed by atoms with Crippen LogP contribution in [0.4, 0.5) is 0 Å². The fourth-order valence-corrected chi connectivity index (χ4v) is 5.14. The van der Waals surface area contributed by atoms with Crippen LogP contribution in [0, 0.1) is 40.0 Å². The largest absolute Gasteiger partial charge is 0.456 e. The number of carbonyl (C=O) groups excluding carboxylic acids is 2. The van der Waals surface area contributed by atoms with Gasteiger partial charge in [-0.2, -0.15) is 0 Å². The summed E-state index contributed by atoms with van der Waals surface area (Å²) in [7, 11) is 1.64. The van der Waals surface area contributed by atoms with Gasteiger partial charge in [0.1, 0.15) is 5.60 Å². The average Bonchev–Trinajstić information content (AvgIpc) is 2.73. The molecule has 0 N–H and O–H groups in total. The summed E-state index contributed by atoms with van der Waals surface area (Å²) < 4.78 is 11.6. The van der Waals surface area contributed by atoms with Crippen molar-refractivity contribution in [2.75, 3.05) is 7.11 Å². The second kappa shape index (κ2) is 9.65. The molecule has 2 atom stereocenters. The lowest BCUT2D eigenvalue weighted by molar-refractivity contribution is -0.149. The second-order valence-electron chi connectivity index (χ2n) is 10.9. The average molecular weight is 467 g/mol. The number of ether oxygens (including phenoxy) is 2. The third kappa shape index (κ3) is 4.84. The molecule has 34 heavy (non-hydrogen) atoms. The lowest BCUT2D eigenvalue weighted by Crippen LogP contribution is -2.40. The molecule has 1 aromatic carbocycles. The summed E-state index contributed by atoms with van der Waals surface area (Å²) in [6.45, 7) is 23.8. The van der Waals surface area contributed by atoms with Crippen LogP contribution in [0.3, 0.4) is 0 Å². The number of allylic oxidation sites excluding steroid dienone is 1. The Labute approximate surface area is 206 Å². The van der Waals surface area contributed by atoms with E-state index in [2.05, 4.69) is 27.7 Å². The Morgan fingerprint density at radius 2 is 1.32 bits per heavy atom. The van der Waals surface area contributed by atoms with E-state index in [0.29, 0.717) is 5.57 Å². The number of hydrogen-bond acceptors (Lipinski definition) is 4. The SMILES string of the molecule is COC1C(C)=C(C(=O)OC(C)(C)C)C(C)=C(C)C1(C)C=CC(=O)c1c(C)c(C)c(C)c(C)c1C. The molecule has 1 aliphatic rings. The minimum Gasteiger partial charge on any atom is -0.456 e. The van der Waals surface area contributed by atoms with Gasteiger partial charge in [-0.15, -0.1) is 0 Å². The molecular weight excluding hydrogens is 424 g/mol. The monoisotopic (exact) mass is 466 g/mol. The summed E-state index contributed by atoms with van der Waals surface area (Å²) in [5.74, 6) is -0.356. The van der Waals surface area contributed by atoms with Gasteiger partial charge >= 0.3 is 5.97 Å². The summed E-state index contributed by atoms with van der Waals surface area (Å²) in [6.07, 6.45) is 3.23. The van der Waals surface area contributed by atoms with Gasteiger partial charge in [0.05, 0.1) is 11.7 Å². The van der Waals surface area contributed by atoms with Crippen molar-refractivity contribution in [1.29, 1.82) is 0 Å². The molecule has 186 valence electrons. The molecule has 2 unspecified atom stereocenters. The van der Waals surface area contributed by atoms with Crippen LogP contribution in [0.1, 0.15) is 86.6 Å². The van der Waals surface area contributed by atoms with E-state index < -0.39 is 17.1 Å². The first-order valence-corrected chi connectivity index (χ1v) is 11.9. The Hall–Kier alpha value is -2.46. The van der Waals surface area contributed by atoms with Crippen molar-refractivity contribution in [2.24, 2.45) is 5.41 Å². The van der Waals surface area contributed by atoms with E-state index in [9.17, 15) is 9.59 Å². The predicted molar refractivity (Wildman–Crippen MR) is 139 cm³/mol. The van der Waals surface area contributed by atoms with Crippen molar-refractivity contribution < 1.29 is 19.1 Å². The van der Waals surface area contributed by atoms with Crippen LogP contribution in [0.15, 0.2) is 34.4 Å². The molecule has 1 aliphatic carbocycles. The number of esters is 1. The number of benzene rings is 1. The predicted octanol–water partition coefficient (Wildman–Crippen LogP) is 7.00. The standard InChI is InChI=1S/C30H42O4/c1-16-17(2)19(4)25(20(5)18(16)3)24(31)14-15-30(12)23(8)21(6)26(22(7)27(30)33-13)28(32)34-29(9,10)11/h14-15,27H,1-13H3. The van der Waals surface area contributed by atoms with Gasteiger partial charge in [0.25, 0.3) is 0 Å². The molecule has 0 saturated carbocycles. The van der Waals surface area contributed by atoms with Crippen LogP contribution in [0.25, 0.3) is 0 Å². The zero-order valence-corrected chi connectivity index (χ0v) is 23.4. The van der Waals surface area contributed by atoms with Gasteiger partial charge < -0.3 is 9.47 Å². The van der Waals surface area contributed by atoms with Crippen LogP contribution >= 0.6 is 0 Å². The first kappa shape index (κ1) is 27.8. The molecule has 0 amide bonds. The molecule has 1 aromatic rings. The zero-order valence-electron chi connectivity index (χ0n) is 23.4. The lowest BCUT2D eigenvalue weighted by atomic mass is 9.67. The van der Waals surface area contributed by atoms with Gasteiger partial charge in [-0.3, -0.25) is 4.79 Å². The van der Waals surface area contributed by atoms with E-state index in [4.69, 9.17) is 9.47 Å². The molecule has 0 fully saturated rings. The maximum absolute atomic E-state index is 13.5. The van der Waals surface area contributed by atoms with Crippen molar-refractivity contribution in [3.05, 3.63) is 67.8 Å². The van der Waals surface area contributed by atoms with Crippen molar-refractivity contribution in [3.8, 4) is 0 Å². The fraction of sp³-hybridized carbons (Fsp3) is 0.533. The molecule has 0 spiro atoms. The molecule has 0 radical (unpaired) electrons. The summed E-state index contributed by atoms with van der Waals surface area (Å²) >= 11 is 0. The maximum atomic E-state index is 13.5. The minimum atomic E-state index is -0.589. The van der Waals surface area contributed by atoms with Crippen molar-refractivity contribution in [1.82, 2.24) is 0 Å². The number of carbonyl (C=O) groups is 2. The van der Waals surface area contributed by atoms with E-state index in [1.54, 1.807) is 13.2 Å². The van der Waals surface area contributed by atoms with Crippen LogP contribution in [0.2, 0.25) is 0 Å². The van der Waals surface area contributed by atoms with Gasteiger partial charge in [0, 0.05) is 18.1 Å². The van der Waals surface area contributed by atoms with Crippen LogP contribution < -0.4 is 0 Å². The first-order chi connectivity index (χ1) is 15.5. The van der Waals surface area contributed by atoms with Gasteiger partial charge in [0.2, 0.25) is 0 Å². The Morgan fingerprint density at radius 1 is 0.853 bits per heavy atom. The topological polar surface area (TPSA) is 52.6 Å². The zero-order chi connectivity index (χ0) is 26.3. The van der Waals surface area contributed by atoms with Gasteiger partial charge in [0.15, 0.2) is 5.78 Å². The number of methoxy groups -OCH3 is 1. The molecule has 0 heterocycles. The normalized spacial score (nSPS) is 21.5. The highest BCUT2D eigenvalue weighted by Gasteiger charge is 2.43. The highest BCUT2D eigenvalue weighted by molar-refractivity contribution is 6.07. The van der Waals surface area contributed by atoms with Gasteiger partial charge in [-0.25, -0.2) is 4.79 Å². The van der Waals surface area contributed by atoms with E-state index in [-0.39, 0.29) is 11.8 Å². The molecule has 0 aliphatic heterocycles. The molecule has 2 rings (SSSR count). The summed E-state index contributed by atoms with van der Waals surface area (Å²) in [4.78, 5) is 26.5. The molecular formula is C30H42O4. The Bertz CT molecular complexity index is 1090. The van der Waals surface area contributed by atoms with E-state index in [1.165, 1.54) is 5.56 Å². The maximum Gasteiger partial charge on any atom is 0.338 e. The van der Waals surface area contributed by atoms with Crippen LogP contribution in [-0.4, -0.2) is 30.6 Å². The first-order valence-electron chi connectivity index (χ1n) is 11.9. The Morgan fingerprint density at radius 3 is 1.76 bits per heavy atom. The fourth-order valence-electron chi connectivity index (χ4n) is 5.14. The molecule has 4 nitrogen and oxygen atoms in total. The molecule has 0 saturated heterocycles. The quantitative estimate of drug-likeness (QED) is 0.266. The Balaban J connectivity index is 2.57. The molecule has 4 heteroatoms. The third-order valence-electron chi connectivity index (χ3n) is 7.74. The summed E-state index contributed by atoms with van der Waals surface area (Å²) in [6, 6.07) is 0. The van der Waals surface area contributed by atoms with Crippen molar-refractivity contribution in [3.63, 3.8) is 0 Å². The minimum absolute atomic E-state index is 0.0118. The highest BCUT2D eigenvalue weighted by atomic mass is 16.6. The van der Waals surface area contributed by atoms with Crippen LogP contribution in [-0.2, 0) is 14.3 Å². The van der Waals surface area contributed by atoms with Crippen molar-refractivity contribution >= 4 is 11.8 Å². The third-order valence-corrected chi connectivity index (χ3v) is 7.74. The Kier molecular flexibility index (Phi) is 7.89. The number of rotatable bonds is 5. The smallest absolute Gasteiger partial charge is 0.338 e. The summed E-state index contributed by atoms with van der Waals surface area (Å²) in [5, 5.41) is 0. The van der Waals surface area contributed by atoms with Gasteiger partial charge in [-0.05, 0) is 128 Å². The molecule has 0 bridgehead atoms. The van der Waals surface area contributed by atoms with E-state index in [0.717, 1.165) is 44.5 Å². The number of ketones is 1. The summed E-state index contributed by atoms with van der Waals surface area (Å²) in [5.41, 5.74) is 8.44.